The number of aromatic nitrogens is 1. The first-order valence-corrected chi connectivity index (χ1v) is 8.65. The Kier molecular flexibility index (Phi) is 3.65. The van der Waals surface area contributed by atoms with Crippen molar-refractivity contribution in [1.82, 2.24) is 15.2 Å². The van der Waals surface area contributed by atoms with Crippen molar-refractivity contribution < 1.29 is 4.39 Å². The fraction of sp³-hybridized carbons (Fsp3) is 0.562. The van der Waals surface area contributed by atoms with Crippen molar-refractivity contribution in [2.45, 2.75) is 37.8 Å². The molecular weight excluding hydrogens is 285 g/mol. The lowest BCUT2D eigenvalue weighted by Crippen LogP contribution is -2.42. The van der Waals surface area contributed by atoms with E-state index in [2.05, 4.69) is 10.2 Å². The van der Waals surface area contributed by atoms with Crippen molar-refractivity contribution in [3.63, 3.8) is 0 Å². The maximum absolute atomic E-state index is 13.4. The molecule has 2 aliphatic heterocycles. The summed E-state index contributed by atoms with van der Waals surface area (Å²) in [6, 6.07) is 6.04. The summed E-state index contributed by atoms with van der Waals surface area (Å²) in [5.74, 6) is -0.167. The summed E-state index contributed by atoms with van der Waals surface area (Å²) in [7, 11) is 0. The number of benzene rings is 1. The minimum Gasteiger partial charge on any atom is -0.317 e. The molecule has 0 saturated carbocycles. The van der Waals surface area contributed by atoms with Crippen LogP contribution in [-0.2, 0) is 0 Å². The number of piperidine rings is 1. The molecule has 112 valence electrons. The monoisotopic (exact) mass is 305 g/mol. The predicted octanol–water partition coefficient (Wildman–Crippen LogP) is 3.32. The van der Waals surface area contributed by atoms with E-state index < -0.39 is 0 Å². The number of rotatable bonds is 2. The second-order valence-electron chi connectivity index (χ2n) is 6.04. The highest BCUT2D eigenvalue weighted by atomic mass is 32.1. The van der Waals surface area contributed by atoms with Gasteiger partial charge in [0, 0.05) is 6.04 Å². The maximum atomic E-state index is 13.4. The summed E-state index contributed by atoms with van der Waals surface area (Å²) in [5.41, 5.74) is 0.938. The van der Waals surface area contributed by atoms with E-state index in [0.29, 0.717) is 12.1 Å². The molecule has 3 nitrogen and oxygen atoms in total. The number of hydrogen-bond donors (Lipinski definition) is 1. The molecule has 2 fully saturated rings. The Morgan fingerprint density at radius 2 is 2.10 bits per heavy atom. The van der Waals surface area contributed by atoms with Gasteiger partial charge < -0.3 is 5.32 Å². The zero-order valence-corrected chi connectivity index (χ0v) is 12.8. The fourth-order valence-corrected chi connectivity index (χ4v) is 4.84. The van der Waals surface area contributed by atoms with Crippen molar-refractivity contribution in [2.75, 3.05) is 19.6 Å². The van der Waals surface area contributed by atoms with Crippen LogP contribution in [0.4, 0.5) is 4.39 Å². The molecule has 1 aromatic heterocycles. The van der Waals surface area contributed by atoms with Crippen molar-refractivity contribution >= 4 is 21.6 Å². The number of fused-ring (bicyclic) bond motifs is 1. The molecule has 1 atom stereocenters. The average molecular weight is 305 g/mol. The first-order valence-electron chi connectivity index (χ1n) is 7.84. The normalized spacial score (nSPS) is 24.9. The lowest BCUT2D eigenvalue weighted by molar-refractivity contribution is 0.148. The van der Waals surface area contributed by atoms with Crippen LogP contribution < -0.4 is 5.32 Å². The van der Waals surface area contributed by atoms with Gasteiger partial charge in [0.15, 0.2) is 0 Å². The SMILES string of the molecule is Fc1ccc2nc(C3CCCN3C3CCNCC3)sc2c1. The summed E-state index contributed by atoms with van der Waals surface area (Å²) in [4.78, 5) is 7.42. The molecule has 2 saturated heterocycles. The molecule has 0 spiro atoms. The maximum Gasteiger partial charge on any atom is 0.124 e. The Bertz CT molecular complexity index is 635. The molecule has 0 aliphatic carbocycles. The van der Waals surface area contributed by atoms with Gasteiger partial charge in [-0.3, -0.25) is 4.90 Å². The third-order valence-electron chi connectivity index (χ3n) is 4.72. The van der Waals surface area contributed by atoms with Crippen LogP contribution in [0.2, 0.25) is 0 Å². The predicted molar refractivity (Wildman–Crippen MR) is 84.2 cm³/mol. The van der Waals surface area contributed by atoms with Gasteiger partial charge in [-0.1, -0.05) is 0 Å². The van der Waals surface area contributed by atoms with E-state index in [1.165, 1.54) is 43.3 Å². The topological polar surface area (TPSA) is 28.2 Å². The van der Waals surface area contributed by atoms with Crippen molar-refractivity contribution in [3.05, 3.63) is 29.0 Å². The molecule has 1 N–H and O–H groups in total. The zero-order chi connectivity index (χ0) is 14.2. The van der Waals surface area contributed by atoms with Gasteiger partial charge in [-0.2, -0.15) is 0 Å². The van der Waals surface area contributed by atoms with Crippen LogP contribution in [0.5, 0.6) is 0 Å². The van der Waals surface area contributed by atoms with Crippen molar-refractivity contribution in [3.8, 4) is 0 Å². The first-order chi connectivity index (χ1) is 10.3. The summed E-state index contributed by atoms with van der Waals surface area (Å²) in [5, 5.41) is 4.61. The second kappa shape index (κ2) is 5.63. The summed E-state index contributed by atoms with van der Waals surface area (Å²) in [6.07, 6.45) is 4.90. The van der Waals surface area contributed by atoms with Crippen LogP contribution in [0, 0.1) is 5.82 Å². The molecule has 21 heavy (non-hydrogen) atoms. The summed E-state index contributed by atoms with van der Waals surface area (Å²) in [6.45, 7) is 3.43. The van der Waals surface area contributed by atoms with Crippen LogP contribution in [0.15, 0.2) is 18.2 Å². The molecule has 2 aromatic rings. The summed E-state index contributed by atoms with van der Waals surface area (Å²) >= 11 is 1.67. The second-order valence-corrected chi connectivity index (χ2v) is 7.10. The smallest absolute Gasteiger partial charge is 0.124 e. The van der Waals surface area contributed by atoms with Gasteiger partial charge in [-0.25, -0.2) is 9.37 Å². The molecular formula is C16H20FN3S. The Labute approximate surface area is 128 Å². The van der Waals surface area contributed by atoms with Crippen LogP contribution in [0.3, 0.4) is 0 Å². The molecule has 4 rings (SSSR count). The molecule has 0 amide bonds. The quantitative estimate of drug-likeness (QED) is 0.922. The van der Waals surface area contributed by atoms with Gasteiger partial charge in [0.2, 0.25) is 0 Å². The van der Waals surface area contributed by atoms with E-state index in [1.54, 1.807) is 23.5 Å². The highest BCUT2D eigenvalue weighted by Crippen LogP contribution is 2.39. The van der Waals surface area contributed by atoms with Gasteiger partial charge in [-0.05, 0) is 63.5 Å². The minimum atomic E-state index is -0.167. The zero-order valence-electron chi connectivity index (χ0n) is 12.0. The van der Waals surface area contributed by atoms with E-state index in [9.17, 15) is 4.39 Å². The van der Waals surface area contributed by atoms with Crippen molar-refractivity contribution in [2.24, 2.45) is 0 Å². The highest BCUT2D eigenvalue weighted by molar-refractivity contribution is 7.18. The van der Waals surface area contributed by atoms with Crippen LogP contribution in [0.25, 0.3) is 10.2 Å². The van der Waals surface area contributed by atoms with Gasteiger partial charge in [0.1, 0.15) is 10.8 Å². The van der Waals surface area contributed by atoms with E-state index in [1.807, 2.05) is 0 Å². The average Bonchev–Trinajstić information content (AvgIpc) is 3.13. The van der Waals surface area contributed by atoms with Gasteiger partial charge in [0.05, 0.1) is 16.3 Å². The van der Waals surface area contributed by atoms with Crippen LogP contribution in [0.1, 0.15) is 36.7 Å². The highest BCUT2D eigenvalue weighted by Gasteiger charge is 2.34. The number of halogens is 1. The Morgan fingerprint density at radius 1 is 1.24 bits per heavy atom. The van der Waals surface area contributed by atoms with E-state index in [-0.39, 0.29) is 5.82 Å². The molecule has 2 aliphatic rings. The molecule has 1 aromatic carbocycles. The first kappa shape index (κ1) is 13.6. The molecule has 0 bridgehead atoms. The van der Waals surface area contributed by atoms with Gasteiger partial charge in [-0.15, -0.1) is 11.3 Å². The third-order valence-corrected chi connectivity index (χ3v) is 5.84. The van der Waals surface area contributed by atoms with E-state index >= 15 is 0 Å². The molecule has 1 unspecified atom stereocenters. The molecule has 5 heteroatoms. The van der Waals surface area contributed by atoms with Crippen molar-refractivity contribution in [1.29, 1.82) is 0 Å². The standard InChI is InChI=1S/C16H20FN3S/c17-11-3-4-13-15(10-11)21-16(19-13)14-2-1-9-20(14)12-5-7-18-8-6-12/h3-4,10,12,14,18H,1-2,5-9H2. The van der Waals surface area contributed by atoms with E-state index in [0.717, 1.165) is 23.3 Å². The number of thiazole rings is 1. The van der Waals surface area contributed by atoms with Gasteiger partial charge in [0.25, 0.3) is 0 Å². The third kappa shape index (κ3) is 2.58. The molecule has 3 heterocycles. The number of likely N-dealkylation sites (tertiary alicyclic amines) is 1. The number of nitrogens with one attached hydrogen (secondary N) is 1. The Balaban J connectivity index is 1.63. The summed E-state index contributed by atoms with van der Waals surface area (Å²) < 4.78 is 14.3. The van der Waals surface area contributed by atoms with Gasteiger partial charge >= 0.3 is 0 Å². The largest absolute Gasteiger partial charge is 0.317 e. The Hall–Kier alpha value is -1.04. The fourth-order valence-electron chi connectivity index (χ4n) is 3.69. The van der Waals surface area contributed by atoms with Crippen LogP contribution in [-0.4, -0.2) is 35.6 Å². The minimum absolute atomic E-state index is 0.167. The van der Waals surface area contributed by atoms with Crippen LogP contribution >= 0.6 is 11.3 Å². The number of nitrogens with zero attached hydrogens (tertiary/aromatic N) is 2. The number of hydrogen-bond acceptors (Lipinski definition) is 4. The lowest BCUT2D eigenvalue weighted by Gasteiger charge is -2.35. The van der Waals surface area contributed by atoms with E-state index in [4.69, 9.17) is 4.98 Å². The Morgan fingerprint density at radius 3 is 2.95 bits per heavy atom. The lowest BCUT2D eigenvalue weighted by atomic mass is 10.0. The molecule has 0 radical (unpaired) electrons.